The van der Waals surface area contributed by atoms with Crippen LogP contribution in [0.25, 0.3) is 11.3 Å². The van der Waals surface area contributed by atoms with Crippen molar-refractivity contribution in [1.29, 1.82) is 0 Å². The predicted molar refractivity (Wildman–Crippen MR) is 95.2 cm³/mol. The molecule has 2 heterocycles. The Morgan fingerprint density at radius 2 is 1.93 bits per heavy atom. The highest BCUT2D eigenvalue weighted by Gasteiger charge is 2.60. The lowest BCUT2D eigenvalue weighted by Gasteiger charge is -2.03. The number of aromatic nitrogens is 2. The van der Waals surface area contributed by atoms with Crippen LogP contribution in [0.3, 0.4) is 0 Å². The summed E-state index contributed by atoms with van der Waals surface area (Å²) in [5, 5.41) is 3.78. The van der Waals surface area contributed by atoms with E-state index < -0.39 is 10.1 Å². The minimum Gasteiger partial charge on any atom is -0.356 e. The molecule has 27 heavy (non-hydrogen) atoms. The molecule has 0 aliphatic heterocycles. The van der Waals surface area contributed by atoms with Crippen LogP contribution in [0.15, 0.2) is 58.2 Å². The van der Waals surface area contributed by atoms with E-state index in [0.717, 1.165) is 11.3 Å². The van der Waals surface area contributed by atoms with Crippen LogP contribution >= 0.6 is 0 Å². The Kier molecular flexibility index (Phi) is 3.94. The summed E-state index contributed by atoms with van der Waals surface area (Å²) in [5.74, 6) is 0.277. The SMILES string of the molecule is CC1(C)C(c2ccc(S(=O)(=O)O)nc2)C1c1cc(-c2cccc(F)c2)on1. The fourth-order valence-electron chi connectivity index (χ4n) is 3.75. The van der Waals surface area contributed by atoms with E-state index in [4.69, 9.17) is 9.08 Å². The molecule has 0 radical (unpaired) electrons. The average Bonchev–Trinajstić information content (AvgIpc) is 2.94. The lowest BCUT2D eigenvalue weighted by Crippen LogP contribution is -2.01. The summed E-state index contributed by atoms with van der Waals surface area (Å²) in [5.41, 5.74) is 2.09. The first-order valence-corrected chi connectivity index (χ1v) is 9.78. The van der Waals surface area contributed by atoms with Crippen molar-refractivity contribution in [3.05, 3.63) is 65.7 Å². The van der Waals surface area contributed by atoms with Crippen molar-refractivity contribution in [1.82, 2.24) is 10.1 Å². The van der Waals surface area contributed by atoms with E-state index >= 15 is 0 Å². The van der Waals surface area contributed by atoms with E-state index in [1.807, 2.05) is 0 Å². The molecule has 4 rings (SSSR count). The predicted octanol–water partition coefficient (Wildman–Crippen LogP) is 4.03. The van der Waals surface area contributed by atoms with Crippen LogP contribution in [-0.4, -0.2) is 23.1 Å². The van der Waals surface area contributed by atoms with Gasteiger partial charge in [0.1, 0.15) is 5.82 Å². The van der Waals surface area contributed by atoms with Crippen LogP contribution in [0.5, 0.6) is 0 Å². The summed E-state index contributed by atoms with van der Waals surface area (Å²) in [6.45, 7) is 4.16. The Balaban J connectivity index is 1.62. The molecule has 0 saturated heterocycles. The number of benzene rings is 1. The van der Waals surface area contributed by atoms with Gasteiger partial charge in [0.05, 0.1) is 5.69 Å². The molecule has 2 aromatic heterocycles. The maximum Gasteiger partial charge on any atom is 0.312 e. The van der Waals surface area contributed by atoms with Crippen LogP contribution in [0.1, 0.15) is 36.9 Å². The second-order valence-corrected chi connectivity index (χ2v) is 8.68. The normalized spacial score (nSPS) is 21.2. The number of pyridine rings is 1. The smallest absolute Gasteiger partial charge is 0.312 e. The summed E-state index contributed by atoms with van der Waals surface area (Å²) < 4.78 is 50.2. The molecule has 0 bridgehead atoms. The van der Waals surface area contributed by atoms with Gasteiger partial charge in [-0.3, -0.25) is 4.55 Å². The second kappa shape index (κ2) is 5.97. The van der Waals surface area contributed by atoms with Crippen LogP contribution in [0, 0.1) is 11.2 Å². The topological polar surface area (TPSA) is 93.3 Å². The summed E-state index contributed by atoms with van der Waals surface area (Å²) in [4.78, 5) is 3.84. The summed E-state index contributed by atoms with van der Waals surface area (Å²) in [7, 11) is -4.32. The first kappa shape index (κ1) is 17.8. The average molecular weight is 388 g/mol. The highest BCUT2D eigenvalue weighted by atomic mass is 32.2. The van der Waals surface area contributed by atoms with E-state index in [1.54, 1.807) is 24.3 Å². The maximum absolute atomic E-state index is 13.4. The van der Waals surface area contributed by atoms with E-state index in [0.29, 0.717) is 11.3 Å². The van der Waals surface area contributed by atoms with Gasteiger partial charge in [-0.2, -0.15) is 8.42 Å². The monoisotopic (exact) mass is 388 g/mol. The van der Waals surface area contributed by atoms with Crippen LogP contribution in [0.2, 0.25) is 0 Å². The molecule has 1 aliphatic rings. The minimum atomic E-state index is -4.32. The Labute approximate surface area is 155 Å². The zero-order valence-electron chi connectivity index (χ0n) is 14.6. The van der Waals surface area contributed by atoms with Gasteiger partial charge >= 0.3 is 10.1 Å². The molecule has 1 fully saturated rings. The van der Waals surface area contributed by atoms with E-state index in [2.05, 4.69) is 24.0 Å². The first-order valence-electron chi connectivity index (χ1n) is 8.34. The van der Waals surface area contributed by atoms with Crippen molar-refractivity contribution in [3.8, 4) is 11.3 Å². The Hall–Kier alpha value is -2.58. The highest BCUT2D eigenvalue weighted by Crippen LogP contribution is 2.69. The number of nitrogens with zero attached hydrogens (tertiary/aromatic N) is 2. The molecular formula is C19H17FN2O4S. The van der Waals surface area contributed by atoms with Gasteiger partial charge in [0.15, 0.2) is 10.8 Å². The van der Waals surface area contributed by atoms with Crippen molar-refractivity contribution < 1.29 is 21.9 Å². The molecule has 1 saturated carbocycles. The zero-order valence-corrected chi connectivity index (χ0v) is 15.4. The third-order valence-corrected chi connectivity index (χ3v) is 5.94. The van der Waals surface area contributed by atoms with Crippen LogP contribution < -0.4 is 0 Å². The molecule has 140 valence electrons. The molecule has 6 nitrogen and oxygen atoms in total. The molecule has 2 atom stereocenters. The Morgan fingerprint density at radius 3 is 2.56 bits per heavy atom. The number of hydrogen-bond donors (Lipinski definition) is 1. The van der Waals surface area contributed by atoms with Crippen molar-refractivity contribution in [3.63, 3.8) is 0 Å². The third kappa shape index (κ3) is 3.15. The number of hydrogen-bond acceptors (Lipinski definition) is 5. The molecule has 3 aromatic rings. The maximum atomic E-state index is 13.4. The van der Waals surface area contributed by atoms with E-state index in [1.165, 1.54) is 24.4 Å². The largest absolute Gasteiger partial charge is 0.356 e. The van der Waals surface area contributed by atoms with Crippen molar-refractivity contribution in [2.75, 3.05) is 0 Å². The molecule has 1 N–H and O–H groups in total. The van der Waals surface area contributed by atoms with E-state index in [-0.39, 0.29) is 28.1 Å². The minimum absolute atomic E-state index is 0.0574. The summed E-state index contributed by atoms with van der Waals surface area (Å²) in [6, 6.07) is 10.9. The molecule has 8 heteroatoms. The fraction of sp³-hybridized carbons (Fsp3) is 0.263. The Bertz CT molecular complexity index is 1110. The van der Waals surface area contributed by atoms with Gasteiger partial charge in [-0.15, -0.1) is 0 Å². The molecular weight excluding hydrogens is 371 g/mol. The van der Waals surface area contributed by atoms with Gasteiger partial charge < -0.3 is 4.52 Å². The van der Waals surface area contributed by atoms with Gasteiger partial charge in [0, 0.05) is 29.7 Å². The van der Waals surface area contributed by atoms with Gasteiger partial charge in [-0.25, -0.2) is 9.37 Å². The molecule has 0 spiro atoms. The third-order valence-electron chi connectivity index (χ3n) is 5.17. The summed E-state index contributed by atoms with van der Waals surface area (Å²) in [6.07, 6.45) is 1.46. The second-order valence-electron chi connectivity index (χ2n) is 7.31. The zero-order chi connectivity index (χ0) is 19.4. The van der Waals surface area contributed by atoms with Crippen molar-refractivity contribution in [2.24, 2.45) is 5.41 Å². The van der Waals surface area contributed by atoms with Gasteiger partial charge in [-0.1, -0.05) is 37.2 Å². The highest BCUT2D eigenvalue weighted by molar-refractivity contribution is 7.85. The molecule has 1 aromatic carbocycles. The number of rotatable bonds is 4. The molecule has 0 amide bonds. The van der Waals surface area contributed by atoms with Gasteiger partial charge in [-0.05, 0) is 29.2 Å². The number of halogens is 1. The van der Waals surface area contributed by atoms with Gasteiger partial charge in [0.2, 0.25) is 0 Å². The van der Waals surface area contributed by atoms with E-state index in [9.17, 15) is 12.8 Å². The van der Waals surface area contributed by atoms with Crippen molar-refractivity contribution in [2.45, 2.75) is 30.7 Å². The van der Waals surface area contributed by atoms with Gasteiger partial charge in [0.25, 0.3) is 0 Å². The van der Waals surface area contributed by atoms with Crippen LogP contribution in [0.4, 0.5) is 4.39 Å². The first-order chi connectivity index (χ1) is 12.7. The van der Waals surface area contributed by atoms with Crippen LogP contribution in [-0.2, 0) is 10.1 Å². The summed E-state index contributed by atoms with van der Waals surface area (Å²) >= 11 is 0. The lowest BCUT2D eigenvalue weighted by molar-refractivity contribution is 0.420. The van der Waals surface area contributed by atoms with Crippen molar-refractivity contribution >= 4 is 10.1 Å². The standard InChI is InChI=1S/C19H17FN2O4S/c1-19(2)17(12-6-7-16(21-10-12)27(23,24)25)18(19)14-9-15(26-22-14)11-4-3-5-13(20)8-11/h3-10,17-18H,1-2H3,(H,23,24,25). The Morgan fingerprint density at radius 1 is 1.15 bits per heavy atom. The molecule has 2 unspecified atom stereocenters. The quantitative estimate of drug-likeness (QED) is 0.678. The lowest BCUT2D eigenvalue weighted by atomic mass is 10.0. The molecule has 1 aliphatic carbocycles. The fourth-order valence-corrected chi connectivity index (χ4v) is 4.18.